The molecule has 0 aromatic rings. The molecule has 0 aromatic carbocycles. The standard InChI is InChI=1S/C13H24O3/c1-9(2)10(3,4)12(7)14-13(8,16-15-12)11(9,5)6/h1-8H3. The van der Waals surface area contributed by atoms with Gasteiger partial charge in [0, 0.05) is 10.8 Å². The first-order valence-electron chi connectivity index (χ1n) is 5.98. The predicted octanol–water partition coefficient (Wildman–Crippen LogP) is 3.49. The van der Waals surface area contributed by atoms with Gasteiger partial charge in [0.15, 0.2) is 0 Å². The summed E-state index contributed by atoms with van der Waals surface area (Å²) in [5.41, 5.74) is -0.253. The number of rotatable bonds is 0. The summed E-state index contributed by atoms with van der Waals surface area (Å²) in [6.07, 6.45) is 0. The zero-order chi connectivity index (χ0) is 12.6. The SMILES string of the molecule is CC12OOC(C)(O1)C(C)(C)C(C)(C)C2(C)C. The second kappa shape index (κ2) is 2.65. The molecule has 2 saturated heterocycles. The Balaban J connectivity index is 2.64. The summed E-state index contributed by atoms with van der Waals surface area (Å²) in [5.74, 6) is -1.36. The Morgan fingerprint density at radius 2 is 0.812 bits per heavy atom. The summed E-state index contributed by atoms with van der Waals surface area (Å²) >= 11 is 0. The van der Waals surface area contributed by atoms with Gasteiger partial charge in [-0.15, -0.1) is 0 Å². The van der Waals surface area contributed by atoms with Crippen molar-refractivity contribution in [2.75, 3.05) is 0 Å². The summed E-state index contributed by atoms with van der Waals surface area (Å²) < 4.78 is 6.09. The Kier molecular flexibility index (Phi) is 2.05. The molecule has 2 rings (SSSR count). The van der Waals surface area contributed by atoms with E-state index in [0.717, 1.165) is 0 Å². The molecule has 16 heavy (non-hydrogen) atoms. The van der Waals surface area contributed by atoms with Crippen molar-refractivity contribution < 1.29 is 14.5 Å². The minimum atomic E-state index is -0.680. The average molecular weight is 228 g/mol. The fourth-order valence-electron chi connectivity index (χ4n) is 2.94. The van der Waals surface area contributed by atoms with Crippen molar-refractivity contribution >= 4 is 0 Å². The van der Waals surface area contributed by atoms with Gasteiger partial charge >= 0.3 is 0 Å². The van der Waals surface area contributed by atoms with E-state index in [4.69, 9.17) is 14.5 Å². The maximum atomic E-state index is 6.09. The van der Waals surface area contributed by atoms with Crippen LogP contribution < -0.4 is 0 Å². The Morgan fingerprint density at radius 3 is 1.12 bits per heavy atom. The van der Waals surface area contributed by atoms with E-state index in [-0.39, 0.29) is 16.2 Å². The molecular weight excluding hydrogens is 204 g/mol. The minimum Gasteiger partial charge on any atom is -0.312 e. The smallest absolute Gasteiger partial charge is 0.207 e. The molecule has 2 aliphatic heterocycles. The second-order valence-electron chi connectivity index (χ2n) is 7.04. The van der Waals surface area contributed by atoms with Crippen LogP contribution in [0.3, 0.4) is 0 Å². The van der Waals surface area contributed by atoms with Crippen molar-refractivity contribution in [1.29, 1.82) is 0 Å². The lowest BCUT2D eigenvalue weighted by Gasteiger charge is -2.62. The molecule has 0 spiro atoms. The predicted molar refractivity (Wildman–Crippen MR) is 61.4 cm³/mol. The molecule has 2 atom stereocenters. The van der Waals surface area contributed by atoms with E-state index in [1.165, 1.54) is 0 Å². The molecule has 0 aromatic heterocycles. The zero-order valence-electron chi connectivity index (χ0n) is 11.7. The number of fused-ring (bicyclic) bond motifs is 2. The van der Waals surface area contributed by atoms with E-state index in [1.54, 1.807) is 0 Å². The third-order valence-electron chi connectivity index (χ3n) is 6.14. The fourth-order valence-corrected chi connectivity index (χ4v) is 2.94. The minimum absolute atomic E-state index is 0.0260. The highest BCUT2D eigenvalue weighted by Crippen LogP contribution is 2.69. The lowest BCUT2D eigenvalue weighted by atomic mass is 9.48. The number of hydrogen-bond donors (Lipinski definition) is 0. The molecule has 0 N–H and O–H groups in total. The van der Waals surface area contributed by atoms with E-state index >= 15 is 0 Å². The highest BCUT2D eigenvalue weighted by molar-refractivity contribution is 5.12. The molecular formula is C13H24O3. The zero-order valence-corrected chi connectivity index (χ0v) is 11.7. The summed E-state index contributed by atoms with van der Waals surface area (Å²) in [5, 5.41) is 0. The Bertz CT molecular complexity index is 302. The van der Waals surface area contributed by atoms with Crippen molar-refractivity contribution in [3.05, 3.63) is 0 Å². The molecule has 2 fully saturated rings. The van der Waals surface area contributed by atoms with Gasteiger partial charge in [-0.3, -0.25) is 0 Å². The van der Waals surface area contributed by atoms with Crippen molar-refractivity contribution in [2.45, 2.75) is 67.0 Å². The summed E-state index contributed by atoms with van der Waals surface area (Å²) in [7, 11) is 0. The molecule has 2 heterocycles. The van der Waals surface area contributed by atoms with E-state index < -0.39 is 11.6 Å². The molecule has 3 nitrogen and oxygen atoms in total. The van der Waals surface area contributed by atoms with E-state index in [9.17, 15) is 0 Å². The maximum absolute atomic E-state index is 6.09. The summed E-state index contributed by atoms with van der Waals surface area (Å²) in [6.45, 7) is 17.2. The van der Waals surface area contributed by atoms with Crippen LogP contribution in [0.5, 0.6) is 0 Å². The molecule has 94 valence electrons. The molecule has 2 aliphatic rings. The monoisotopic (exact) mass is 228 g/mol. The quantitative estimate of drug-likeness (QED) is 0.594. The molecule has 2 unspecified atom stereocenters. The lowest BCUT2D eigenvalue weighted by Crippen LogP contribution is -2.67. The van der Waals surface area contributed by atoms with Crippen LogP contribution in [0, 0.1) is 16.2 Å². The summed E-state index contributed by atoms with van der Waals surface area (Å²) in [6, 6.07) is 0. The Hall–Kier alpha value is -0.120. The molecule has 0 aliphatic carbocycles. The van der Waals surface area contributed by atoms with Crippen LogP contribution in [0.25, 0.3) is 0 Å². The van der Waals surface area contributed by atoms with Crippen molar-refractivity contribution in [3.8, 4) is 0 Å². The van der Waals surface area contributed by atoms with Gasteiger partial charge in [0.05, 0.1) is 0 Å². The molecule has 0 saturated carbocycles. The van der Waals surface area contributed by atoms with Crippen molar-refractivity contribution in [2.24, 2.45) is 16.2 Å². The van der Waals surface area contributed by atoms with Gasteiger partial charge in [0.25, 0.3) is 0 Å². The van der Waals surface area contributed by atoms with Crippen LogP contribution in [0.1, 0.15) is 55.4 Å². The molecule has 2 bridgehead atoms. The molecule has 0 amide bonds. The van der Waals surface area contributed by atoms with Gasteiger partial charge < -0.3 is 4.74 Å². The first-order valence-corrected chi connectivity index (χ1v) is 5.98. The van der Waals surface area contributed by atoms with E-state index in [1.807, 2.05) is 13.8 Å². The largest absolute Gasteiger partial charge is 0.312 e. The normalized spacial score (nSPS) is 48.0. The van der Waals surface area contributed by atoms with Gasteiger partial charge in [0.1, 0.15) is 0 Å². The van der Waals surface area contributed by atoms with Gasteiger partial charge in [-0.05, 0) is 19.3 Å². The summed E-state index contributed by atoms with van der Waals surface area (Å²) in [4.78, 5) is 11.1. The first-order chi connectivity index (χ1) is 6.91. The fraction of sp³-hybridized carbons (Fsp3) is 1.00. The van der Waals surface area contributed by atoms with Crippen molar-refractivity contribution in [3.63, 3.8) is 0 Å². The highest BCUT2D eigenvalue weighted by atomic mass is 17.3. The Morgan fingerprint density at radius 1 is 0.500 bits per heavy atom. The van der Waals surface area contributed by atoms with Crippen LogP contribution in [0.4, 0.5) is 0 Å². The van der Waals surface area contributed by atoms with Crippen LogP contribution in [0.15, 0.2) is 0 Å². The number of ether oxygens (including phenoxy) is 1. The van der Waals surface area contributed by atoms with E-state index in [2.05, 4.69) is 41.5 Å². The van der Waals surface area contributed by atoms with Crippen LogP contribution in [0.2, 0.25) is 0 Å². The van der Waals surface area contributed by atoms with Gasteiger partial charge in [-0.2, -0.15) is 9.78 Å². The maximum Gasteiger partial charge on any atom is 0.207 e. The third-order valence-corrected chi connectivity index (χ3v) is 6.14. The third kappa shape index (κ3) is 0.964. The van der Waals surface area contributed by atoms with Gasteiger partial charge in [0.2, 0.25) is 11.6 Å². The average Bonchev–Trinajstić information content (AvgIpc) is 2.43. The molecule has 0 radical (unpaired) electrons. The lowest BCUT2D eigenvalue weighted by molar-refractivity contribution is -0.357. The van der Waals surface area contributed by atoms with Crippen LogP contribution >= 0.6 is 0 Å². The van der Waals surface area contributed by atoms with Crippen LogP contribution in [-0.2, 0) is 14.5 Å². The first kappa shape index (κ1) is 12.3. The van der Waals surface area contributed by atoms with Gasteiger partial charge in [-0.25, -0.2) is 0 Å². The van der Waals surface area contributed by atoms with E-state index in [0.29, 0.717) is 0 Å². The van der Waals surface area contributed by atoms with Crippen molar-refractivity contribution in [1.82, 2.24) is 0 Å². The van der Waals surface area contributed by atoms with Gasteiger partial charge in [-0.1, -0.05) is 41.5 Å². The molecule has 3 heteroatoms. The topological polar surface area (TPSA) is 27.7 Å². The van der Waals surface area contributed by atoms with Crippen LogP contribution in [-0.4, -0.2) is 11.6 Å². The highest BCUT2D eigenvalue weighted by Gasteiger charge is 2.75. The second-order valence-corrected chi connectivity index (χ2v) is 7.04. The Labute approximate surface area is 98.4 Å². The number of hydrogen-bond acceptors (Lipinski definition) is 3.